The molecule has 1 fully saturated rings. The number of benzene rings is 4. The van der Waals surface area contributed by atoms with Crippen LogP contribution in [0.5, 0.6) is 0 Å². The Bertz CT molecular complexity index is 1070. The summed E-state index contributed by atoms with van der Waals surface area (Å²) in [5, 5.41) is 1.52. The molecule has 1 saturated heterocycles. The van der Waals surface area contributed by atoms with Crippen molar-refractivity contribution in [2.45, 2.75) is 30.3 Å². The van der Waals surface area contributed by atoms with E-state index in [1.54, 1.807) is 0 Å². The Morgan fingerprint density at radius 2 is 1.00 bits per heavy atom. The lowest BCUT2D eigenvalue weighted by atomic mass is 9.70. The van der Waals surface area contributed by atoms with Crippen molar-refractivity contribution in [3.05, 3.63) is 126 Å². The van der Waals surface area contributed by atoms with Crippen LogP contribution in [-0.2, 0) is 5.41 Å². The Balaban J connectivity index is 1.38. The fourth-order valence-electron chi connectivity index (χ4n) is 5.07. The van der Waals surface area contributed by atoms with Gasteiger partial charge in [0.2, 0.25) is 0 Å². The van der Waals surface area contributed by atoms with Crippen molar-refractivity contribution < 1.29 is 4.39 Å². The van der Waals surface area contributed by atoms with Crippen LogP contribution in [-0.4, -0.2) is 8.80 Å². The highest BCUT2D eigenvalue weighted by Gasteiger charge is 2.39. The highest BCUT2D eigenvalue weighted by molar-refractivity contribution is 6.73. The molecule has 0 aromatic heterocycles. The summed E-state index contributed by atoms with van der Waals surface area (Å²) in [5.41, 5.74) is 5.26. The molecule has 0 aliphatic carbocycles. The van der Waals surface area contributed by atoms with E-state index in [0.717, 1.165) is 11.1 Å². The minimum atomic E-state index is -0.574. The summed E-state index contributed by atoms with van der Waals surface area (Å²) >= 11 is 0. The van der Waals surface area contributed by atoms with Gasteiger partial charge in [0.05, 0.1) is 8.80 Å². The maximum atomic E-state index is 13.2. The van der Waals surface area contributed by atoms with Gasteiger partial charge in [-0.25, -0.2) is 4.39 Å². The predicted octanol–water partition coefficient (Wildman–Crippen LogP) is 6.97. The van der Waals surface area contributed by atoms with Crippen LogP contribution < -0.4 is 5.19 Å². The van der Waals surface area contributed by atoms with Crippen molar-refractivity contribution in [2.75, 3.05) is 0 Å². The minimum Gasteiger partial charge on any atom is -0.207 e. The van der Waals surface area contributed by atoms with Gasteiger partial charge in [0.1, 0.15) is 5.82 Å². The van der Waals surface area contributed by atoms with Crippen LogP contribution in [0.25, 0.3) is 11.1 Å². The summed E-state index contributed by atoms with van der Waals surface area (Å²) in [5.74, 6) is -0.187. The largest absolute Gasteiger partial charge is 0.207 e. The summed E-state index contributed by atoms with van der Waals surface area (Å²) in [6.45, 7) is 0. The molecule has 0 nitrogen and oxygen atoms in total. The average Bonchev–Trinajstić information content (AvgIpc) is 2.86. The van der Waals surface area contributed by atoms with E-state index in [0.29, 0.717) is 0 Å². The number of rotatable bonds is 4. The van der Waals surface area contributed by atoms with Crippen LogP contribution in [0.15, 0.2) is 109 Å². The van der Waals surface area contributed by atoms with E-state index in [9.17, 15) is 4.39 Å². The molecule has 5 rings (SSSR count). The molecule has 0 spiro atoms. The van der Waals surface area contributed by atoms with Gasteiger partial charge in [-0.3, -0.25) is 0 Å². The van der Waals surface area contributed by atoms with Gasteiger partial charge in [-0.15, -0.1) is 0 Å². The zero-order valence-corrected chi connectivity index (χ0v) is 18.6. The van der Waals surface area contributed by atoms with Crippen LogP contribution in [0.4, 0.5) is 4.39 Å². The van der Waals surface area contributed by atoms with Crippen molar-refractivity contribution in [1.29, 1.82) is 0 Å². The second-order valence-electron chi connectivity index (χ2n) is 8.50. The van der Waals surface area contributed by atoms with Crippen molar-refractivity contribution >= 4 is 14.0 Å². The van der Waals surface area contributed by atoms with Crippen LogP contribution in [0.2, 0.25) is 12.1 Å². The molecular weight excluding hydrogens is 395 g/mol. The summed E-state index contributed by atoms with van der Waals surface area (Å²) in [7, 11) is -0.574. The summed E-state index contributed by atoms with van der Waals surface area (Å²) in [6, 6.07) is 40.5. The van der Waals surface area contributed by atoms with Crippen LogP contribution in [0.3, 0.4) is 0 Å². The van der Waals surface area contributed by atoms with Crippen LogP contribution >= 0.6 is 0 Å². The maximum absolute atomic E-state index is 13.2. The molecule has 0 N–H and O–H groups in total. The first-order valence-electron chi connectivity index (χ1n) is 11.1. The number of hydrogen-bond donors (Lipinski definition) is 0. The van der Waals surface area contributed by atoms with E-state index < -0.39 is 8.80 Å². The van der Waals surface area contributed by atoms with Crippen LogP contribution in [0, 0.1) is 5.82 Å². The highest BCUT2D eigenvalue weighted by Crippen LogP contribution is 2.45. The van der Waals surface area contributed by atoms with Gasteiger partial charge in [-0.05, 0) is 47.2 Å². The lowest BCUT2D eigenvalue weighted by Gasteiger charge is -2.41. The van der Waals surface area contributed by atoms with Crippen LogP contribution in [0.1, 0.15) is 24.0 Å². The molecule has 1 heterocycles. The fraction of sp³-hybridized carbons (Fsp3) is 0.172. The summed E-state index contributed by atoms with van der Waals surface area (Å²) in [6.07, 6.45) is 2.41. The second-order valence-corrected chi connectivity index (χ2v) is 11.3. The van der Waals surface area contributed by atoms with Gasteiger partial charge in [0.25, 0.3) is 0 Å². The lowest BCUT2D eigenvalue weighted by molar-refractivity contribution is 0.458. The Labute approximate surface area is 186 Å². The number of halogens is 1. The van der Waals surface area contributed by atoms with Crippen molar-refractivity contribution in [3.63, 3.8) is 0 Å². The Kier molecular flexibility index (Phi) is 5.56. The SMILES string of the molecule is Fc1ccc(-c2ccc([Si]3CCC(c4ccccc4)(c4ccccc4)CC3)cc2)cc1. The molecule has 0 saturated carbocycles. The summed E-state index contributed by atoms with van der Waals surface area (Å²) in [4.78, 5) is 0. The second kappa shape index (κ2) is 8.64. The Morgan fingerprint density at radius 1 is 0.548 bits per heavy atom. The maximum Gasteiger partial charge on any atom is 0.123 e. The first-order chi connectivity index (χ1) is 15.2. The average molecular weight is 422 g/mol. The van der Waals surface area contributed by atoms with Crippen molar-refractivity contribution in [2.24, 2.45) is 0 Å². The third-order valence-corrected chi connectivity index (χ3v) is 9.69. The van der Waals surface area contributed by atoms with Gasteiger partial charge in [0, 0.05) is 5.41 Å². The topological polar surface area (TPSA) is 0 Å². The molecule has 4 aromatic rings. The first-order valence-corrected chi connectivity index (χ1v) is 13.0. The standard InChI is InChI=1S/C29H26FSi/c30-27-15-11-23(12-16-27)24-13-17-28(18-14-24)31-21-19-29(20-22-31,25-7-3-1-4-8-25)26-9-5-2-6-10-26/h1-18H,19-22H2. The van der Waals surface area contributed by atoms with E-state index in [1.165, 1.54) is 53.4 Å². The molecular formula is C29H26FSi. The molecule has 0 amide bonds. The zero-order chi connectivity index (χ0) is 21.1. The molecule has 4 aromatic carbocycles. The highest BCUT2D eigenvalue weighted by atomic mass is 28.3. The molecule has 1 aliphatic heterocycles. The lowest BCUT2D eigenvalue weighted by Crippen LogP contribution is -2.41. The quantitative estimate of drug-likeness (QED) is 0.312. The van der Waals surface area contributed by atoms with Gasteiger partial charge < -0.3 is 0 Å². The molecule has 0 bridgehead atoms. The Hall–Kier alpha value is -2.97. The van der Waals surface area contributed by atoms with Crippen molar-refractivity contribution in [3.8, 4) is 11.1 Å². The fourth-order valence-corrected chi connectivity index (χ4v) is 7.99. The van der Waals surface area contributed by atoms with Gasteiger partial charge in [0.15, 0.2) is 0 Å². The number of hydrogen-bond acceptors (Lipinski definition) is 0. The van der Waals surface area contributed by atoms with Gasteiger partial charge in [-0.1, -0.05) is 114 Å². The van der Waals surface area contributed by atoms with Gasteiger partial charge in [-0.2, -0.15) is 0 Å². The first kappa shape index (κ1) is 20.0. The third-order valence-electron chi connectivity index (χ3n) is 6.83. The molecule has 2 heteroatoms. The van der Waals surface area contributed by atoms with E-state index in [4.69, 9.17) is 0 Å². The predicted molar refractivity (Wildman–Crippen MR) is 130 cm³/mol. The third kappa shape index (κ3) is 4.00. The zero-order valence-electron chi connectivity index (χ0n) is 17.6. The normalized spacial score (nSPS) is 16.2. The minimum absolute atomic E-state index is 0.130. The van der Waals surface area contributed by atoms with E-state index in [-0.39, 0.29) is 11.2 Å². The van der Waals surface area contributed by atoms with Gasteiger partial charge >= 0.3 is 0 Å². The van der Waals surface area contributed by atoms with Crippen molar-refractivity contribution in [1.82, 2.24) is 0 Å². The van der Waals surface area contributed by atoms with E-state index >= 15 is 0 Å². The molecule has 1 aliphatic rings. The van der Waals surface area contributed by atoms with E-state index in [2.05, 4.69) is 84.9 Å². The molecule has 31 heavy (non-hydrogen) atoms. The summed E-state index contributed by atoms with van der Waals surface area (Å²) < 4.78 is 13.2. The smallest absolute Gasteiger partial charge is 0.123 e. The molecule has 0 atom stereocenters. The monoisotopic (exact) mass is 421 g/mol. The molecule has 153 valence electrons. The van der Waals surface area contributed by atoms with E-state index in [1.807, 2.05) is 12.1 Å². The molecule has 1 radical (unpaired) electrons. The Morgan fingerprint density at radius 3 is 1.48 bits per heavy atom. The molecule has 0 unspecified atom stereocenters.